The third-order valence-electron chi connectivity index (χ3n) is 3.88. The molecule has 0 aromatic heterocycles. The maximum atomic E-state index is 12.7. The van der Waals surface area contributed by atoms with E-state index >= 15 is 0 Å². The summed E-state index contributed by atoms with van der Waals surface area (Å²) in [5.41, 5.74) is 2.77. The monoisotopic (exact) mass is 305 g/mol. The first-order valence-corrected chi connectivity index (χ1v) is 7.20. The summed E-state index contributed by atoms with van der Waals surface area (Å²) in [5, 5.41) is 0. The van der Waals surface area contributed by atoms with Crippen LogP contribution in [-0.4, -0.2) is 17.6 Å². The van der Waals surface area contributed by atoms with E-state index in [1.165, 1.54) is 13.0 Å². The van der Waals surface area contributed by atoms with Crippen molar-refractivity contribution in [3.05, 3.63) is 71.3 Å². The van der Waals surface area contributed by atoms with Crippen LogP contribution in [0.5, 0.6) is 0 Å². The van der Waals surface area contributed by atoms with Gasteiger partial charge in [0.1, 0.15) is 0 Å². The van der Waals surface area contributed by atoms with Gasteiger partial charge in [-0.3, -0.25) is 14.4 Å². The fourth-order valence-electron chi connectivity index (χ4n) is 2.74. The molecule has 0 bridgehead atoms. The number of rotatable bonds is 3. The number of anilines is 1. The average molecular weight is 305 g/mol. The maximum absolute atomic E-state index is 12.7. The second kappa shape index (κ2) is 5.32. The normalized spacial score (nSPS) is 13.2. The summed E-state index contributed by atoms with van der Waals surface area (Å²) in [5.74, 6) is -0.954. The van der Waals surface area contributed by atoms with Gasteiger partial charge in [-0.05, 0) is 43.7 Å². The van der Waals surface area contributed by atoms with Gasteiger partial charge < -0.3 is 0 Å². The molecule has 0 fully saturated rings. The molecule has 0 radical (unpaired) electrons. The van der Waals surface area contributed by atoms with Crippen LogP contribution in [0.25, 0.3) is 5.57 Å². The molecule has 2 aromatic rings. The minimum atomic E-state index is -0.410. The first-order valence-electron chi connectivity index (χ1n) is 7.20. The zero-order chi connectivity index (χ0) is 16.7. The number of Topliss-reactive ketones (excluding diaryl/α,β-unsaturated/α-hetero) is 1. The van der Waals surface area contributed by atoms with E-state index in [1.807, 2.05) is 6.07 Å². The Hall–Kier alpha value is -3.01. The predicted molar refractivity (Wildman–Crippen MR) is 88.7 cm³/mol. The Morgan fingerprint density at radius 3 is 1.91 bits per heavy atom. The Kier molecular flexibility index (Phi) is 3.45. The second-order valence-corrected chi connectivity index (χ2v) is 5.56. The summed E-state index contributed by atoms with van der Waals surface area (Å²) in [6.07, 6.45) is 0. The summed E-state index contributed by atoms with van der Waals surface area (Å²) >= 11 is 0. The SMILES string of the molecule is C=C(C)c1cc2c(cc1C(C)=O)C(=O)N(c1ccccc1)C2=O. The average Bonchev–Trinajstić information content (AvgIpc) is 2.78. The number of carbonyl (C=O) groups is 3. The van der Waals surface area contributed by atoms with Crippen molar-refractivity contribution < 1.29 is 14.4 Å². The largest absolute Gasteiger partial charge is 0.294 e. The summed E-state index contributed by atoms with van der Waals surface area (Å²) in [4.78, 5) is 38.3. The first-order chi connectivity index (χ1) is 10.9. The summed E-state index contributed by atoms with van der Waals surface area (Å²) in [6, 6.07) is 11.8. The number of amides is 2. The highest BCUT2D eigenvalue weighted by molar-refractivity contribution is 6.35. The maximum Gasteiger partial charge on any atom is 0.266 e. The lowest BCUT2D eigenvalue weighted by molar-refractivity contribution is 0.0925. The molecule has 0 unspecified atom stereocenters. The topological polar surface area (TPSA) is 54.5 Å². The van der Waals surface area contributed by atoms with Gasteiger partial charge in [0, 0.05) is 5.56 Å². The highest BCUT2D eigenvalue weighted by Crippen LogP contribution is 2.32. The van der Waals surface area contributed by atoms with Gasteiger partial charge in [0.25, 0.3) is 11.8 Å². The van der Waals surface area contributed by atoms with Crippen molar-refractivity contribution in [2.75, 3.05) is 4.90 Å². The quantitative estimate of drug-likeness (QED) is 0.641. The molecule has 4 nitrogen and oxygen atoms in total. The van der Waals surface area contributed by atoms with Gasteiger partial charge >= 0.3 is 0 Å². The Bertz CT molecular complexity index is 813. The van der Waals surface area contributed by atoms with E-state index in [1.54, 1.807) is 37.3 Å². The van der Waals surface area contributed by atoms with Gasteiger partial charge in [-0.15, -0.1) is 0 Å². The molecule has 2 aromatic carbocycles. The molecule has 4 heteroatoms. The molecular formula is C19H15NO3. The molecule has 0 saturated carbocycles. The lowest BCUT2D eigenvalue weighted by Crippen LogP contribution is -2.29. The Morgan fingerprint density at radius 2 is 1.43 bits per heavy atom. The number of ketones is 1. The van der Waals surface area contributed by atoms with Crippen LogP contribution >= 0.6 is 0 Å². The number of imide groups is 1. The summed E-state index contributed by atoms with van der Waals surface area (Å²) in [7, 11) is 0. The van der Waals surface area contributed by atoms with Crippen LogP contribution in [0.3, 0.4) is 0 Å². The zero-order valence-corrected chi connectivity index (χ0v) is 12.9. The molecule has 1 aliphatic rings. The van der Waals surface area contributed by atoms with E-state index in [0.717, 1.165) is 4.90 Å². The minimum Gasteiger partial charge on any atom is -0.294 e. The lowest BCUT2D eigenvalue weighted by atomic mass is 9.94. The number of para-hydroxylation sites is 1. The molecule has 0 saturated heterocycles. The van der Waals surface area contributed by atoms with Gasteiger partial charge in [-0.1, -0.05) is 30.4 Å². The van der Waals surface area contributed by atoms with Crippen LogP contribution in [0.15, 0.2) is 49.0 Å². The minimum absolute atomic E-state index is 0.163. The highest BCUT2D eigenvalue weighted by atomic mass is 16.2. The molecule has 0 aliphatic carbocycles. The van der Waals surface area contributed by atoms with Crippen LogP contribution in [0, 0.1) is 0 Å². The fraction of sp³-hybridized carbons (Fsp3) is 0.105. The zero-order valence-electron chi connectivity index (χ0n) is 12.9. The van der Waals surface area contributed by atoms with E-state index in [0.29, 0.717) is 28.0 Å². The number of nitrogens with zero attached hydrogens (tertiary/aromatic N) is 1. The molecule has 1 heterocycles. The Labute approximate surface area is 134 Å². The number of hydrogen-bond acceptors (Lipinski definition) is 3. The van der Waals surface area contributed by atoms with E-state index in [2.05, 4.69) is 6.58 Å². The Morgan fingerprint density at radius 1 is 0.913 bits per heavy atom. The third kappa shape index (κ3) is 2.28. The number of hydrogen-bond donors (Lipinski definition) is 0. The highest BCUT2D eigenvalue weighted by Gasteiger charge is 2.37. The van der Waals surface area contributed by atoms with Crippen molar-refractivity contribution in [3.63, 3.8) is 0 Å². The molecule has 23 heavy (non-hydrogen) atoms. The van der Waals surface area contributed by atoms with Crippen molar-refractivity contribution in [2.45, 2.75) is 13.8 Å². The molecule has 2 amide bonds. The van der Waals surface area contributed by atoms with Crippen molar-refractivity contribution in [3.8, 4) is 0 Å². The van der Waals surface area contributed by atoms with E-state index < -0.39 is 5.91 Å². The molecular weight excluding hydrogens is 290 g/mol. The van der Waals surface area contributed by atoms with E-state index in [-0.39, 0.29) is 17.3 Å². The number of allylic oxidation sites excluding steroid dienone is 1. The lowest BCUT2D eigenvalue weighted by Gasteiger charge is -2.13. The summed E-state index contributed by atoms with van der Waals surface area (Å²) in [6.45, 7) is 7.06. The van der Waals surface area contributed by atoms with Gasteiger partial charge in [-0.2, -0.15) is 0 Å². The number of carbonyl (C=O) groups excluding carboxylic acids is 3. The van der Waals surface area contributed by atoms with Crippen LogP contribution in [0.4, 0.5) is 5.69 Å². The third-order valence-corrected chi connectivity index (χ3v) is 3.88. The molecule has 0 atom stereocenters. The first kappa shape index (κ1) is 14.9. The second-order valence-electron chi connectivity index (χ2n) is 5.56. The summed E-state index contributed by atoms with van der Waals surface area (Å²) < 4.78 is 0. The Balaban J connectivity index is 2.19. The molecule has 0 N–H and O–H groups in total. The molecule has 0 spiro atoms. The molecule has 3 rings (SSSR count). The molecule has 1 aliphatic heterocycles. The number of benzene rings is 2. The van der Waals surface area contributed by atoms with E-state index in [9.17, 15) is 14.4 Å². The van der Waals surface area contributed by atoms with E-state index in [4.69, 9.17) is 0 Å². The van der Waals surface area contributed by atoms with Gasteiger partial charge in [0.15, 0.2) is 5.78 Å². The van der Waals surface area contributed by atoms with Crippen molar-refractivity contribution in [2.24, 2.45) is 0 Å². The standard InChI is InChI=1S/C19H15NO3/c1-11(2)14-9-16-17(10-15(14)12(3)21)19(23)20(18(16)22)13-7-5-4-6-8-13/h4-10H,1H2,2-3H3. The van der Waals surface area contributed by atoms with Gasteiger partial charge in [0.2, 0.25) is 0 Å². The van der Waals surface area contributed by atoms with Crippen LogP contribution in [0.2, 0.25) is 0 Å². The van der Waals surface area contributed by atoms with Crippen molar-refractivity contribution in [1.82, 2.24) is 0 Å². The van der Waals surface area contributed by atoms with Crippen molar-refractivity contribution >= 4 is 28.9 Å². The van der Waals surface area contributed by atoms with Crippen LogP contribution in [-0.2, 0) is 0 Å². The van der Waals surface area contributed by atoms with Gasteiger partial charge in [-0.25, -0.2) is 4.90 Å². The van der Waals surface area contributed by atoms with Gasteiger partial charge in [0.05, 0.1) is 16.8 Å². The molecule has 114 valence electrons. The smallest absolute Gasteiger partial charge is 0.266 e. The number of fused-ring (bicyclic) bond motifs is 1. The van der Waals surface area contributed by atoms with Crippen LogP contribution < -0.4 is 4.90 Å². The van der Waals surface area contributed by atoms with Crippen LogP contribution in [0.1, 0.15) is 50.5 Å². The fourth-order valence-corrected chi connectivity index (χ4v) is 2.74. The predicted octanol–water partition coefficient (Wildman–Crippen LogP) is 3.72. The van der Waals surface area contributed by atoms with Crippen molar-refractivity contribution in [1.29, 1.82) is 0 Å².